The fraction of sp³-hybridized carbons (Fsp3) is 0.0323. The van der Waals surface area contributed by atoms with Gasteiger partial charge in [-0.3, -0.25) is 0 Å². The Bertz CT molecular complexity index is 4260. The van der Waals surface area contributed by atoms with E-state index in [4.69, 9.17) is 8.83 Å². The number of nitrogens with zero attached hydrogens (tertiary/aromatic N) is 1. The van der Waals surface area contributed by atoms with Gasteiger partial charge in [-0.05, 0) is 86.0 Å². The number of hydrogen-bond donors (Lipinski definition) is 0. The van der Waals surface area contributed by atoms with Crippen molar-refractivity contribution in [3.8, 4) is 39.1 Å². The summed E-state index contributed by atoms with van der Waals surface area (Å²) < 4.78 is 16.3. The van der Waals surface area contributed by atoms with Crippen LogP contribution in [-0.2, 0) is 5.41 Å². The largest absolute Gasteiger partial charge is 0.455 e. The molecule has 13 aromatic rings. The van der Waals surface area contributed by atoms with Gasteiger partial charge in [-0.25, -0.2) is 0 Å². The molecule has 1 spiro atoms. The van der Waals surface area contributed by atoms with Gasteiger partial charge in [0, 0.05) is 60.6 Å². The van der Waals surface area contributed by atoms with E-state index in [2.05, 4.69) is 199 Å². The van der Waals surface area contributed by atoms with Crippen molar-refractivity contribution in [1.29, 1.82) is 0 Å². The third-order valence-corrected chi connectivity index (χ3v) is 15.2. The summed E-state index contributed by atoms with van der Waals surface area (Å²) in [5.74, 6) is 0.0824. The number of para-hydroxylation sites is 6. The molecule has 0 saturated carbocycles. The Kier molecular flexibility index (Phi) is 6.29. The molecule has 10 aromatic carbocycles. The lowest BCUT2D eigenvalue weighted by Crippen LogP contribution is -2.31. The first-order valence-corrected chi connectivity index (χ1v) is 22.6. The Balaban J connectivity index is 0.994. The van der Waals surface area contributed by atoms with Crippen molar-refractivity contribution in [2.24, 2.45) is 0 Å². The summed E-state index contributed by atoms with van der Waals surface area (Å²) >= 11 is 0. The first-order chi connectivity index (χ1) is 32.3. The molecule has 300 valence electrons. The van der Waals surface area contributed by atoms with Crippen LogP contribution >= 0.6 is 0 Å². The Morgan fingerprint density at radius 3 is 1.72 bits per heavy atom. The van der Waals surface area contributed by atoms with E-state index in [-0.39, 0.29) is 11.3 Å². The molecule has 0 saturated heterocycles. The standard InChI is InChI=1S/C62H35NO2/c1-2-15-35(16-3-1)63-51-30-8-5-19-47(51)54-37(20-14-31-52(54)63)38-33-34-39(58-56(38)55-46-18-4-7-28-49(46)62(58)50-29-13-27-48(55)57(50)62)41-22-11-24-44-45-26-12-25-43(61(45)65-60(41)44)42-23-10-21-40-36-17-6-9-32-53(36)64-59(40)42/h1-34,55H. The lowest BCUT2D eigenvalue weighted by molar-refractivity contribution is 0.665. The molecule has 2 bridgehead atoms. The van der Waals surface area contributed by atoms with Gasteiger partial charge in [-0.1, -0.05) is 176 Å². The van der Waals surface area contributed by atoms with Gasteiger partial charge in [-0.2, -0.15) is 0 Å². The number of rotatable bonds is 4. The van der Waals surface area contributed by atoms with Crippen molar-refractivity contribution < 1.29 is 8.83 Å². The van der Waals surface area contributed by atoms with Crippen LogP contribution in [0.3, 0.4) is 0 Å². The number of fused-ring (bicyclic) bond motifs is 9. The van der Waals surface area contributed by atoms with Gasteiger partial charge in [0.2, 0.25) is 0 Å². The fourth-order valence-electron chi connectivity index (χ4n) is 12.8. The number of benzene rings is 10. The molecule has 4 aliphatic rings. The second kappa shape index (κ2) is 12.0. The van der Waals surface area contributed by atoms with E-state index in [1.165, 1.54) is 77.4 Å². The second-order valence-corrected chi connectivity index (χ2v) is 18.1. The smallest absolute Gasteiger partial charge is 0.143 e. The summed E-state index contributed by atoms with van der Waals surface area (Å²) in [6, 6.07) is 75.8. The van der Waals surface area contributed by atoms with Crippen LogP contribution in [0.15, 0.2) is 215 Å². The van der Waals surface area contributed by atoms with Crippen molar-refractivity contribution in [1.82, 2.24) is 4.57 Å². The topological polar surface area (TPSA) is 31.2 Å². The van der Waals surface area contributed by atoms with Crippen LogP contribution in [0.5, 0.6) is 0 Å². The molecule has 3 heteroatoms. The summed E-state index contributed by atoms with van der Waals surface area (Å²) in [5.41, 5.74) is 23.8. The second-order valence-electron chi connectivity index (χ2n) is 18.1. The van der Waals surface area contributed by atoms with Crippen molar-refractivity contribution in [3.63, 3.8) is 0 Å². The summed E-state index contributed by atoms with van der Waals surface area (Å²) in [6.07, 6.45) is 0. The summed E-state index contributed by atoms with van der Waals surface area (Å²) in [5, 5.41) is 6.98. The van der Waals surface area contributed by atoms with Crippen LogP contribution in [0.25, 0.3) is 105 Å². The van der Waals surface area contributed by atoms with E-state index in [0.29, 0.717) is 0 Å². The molecule has 0 fully saturated rings. The van der Waals surface area contributed by atoms with E-state index in [1.54, 1.807) is 0 Å². The fourth-order valence-corrected chi connectivity index (χ4v) is 12.8. The maximum absolute atomic E-state index is 7.30. The molecular formula is C62H35NO2. The van der Waals surface area contributed by atoms with E-state index in [1.807, 2.05) is 12.1 Å². The Labute approximate surface area is 373 Å². The van der Waals surface area contributed by atoms with Gasteiger partial charge in [-0.15, -0.1) is 0 Å². The molecule has 3 aromatic heterocycles. The monoisotopic (exact) mass is 825 g/mol. The van der Waals surface area contributed by atoms with Crippen LogP contribution in [0.1, 0.15) is 44.9 Å². The Morgan fingerprint density at radius 1 is 0.354 bits per heavy atom. The highest BCUT2D eigenvalue weighted by atomic mass is 16.3. The lowest BCUT2D eigenvalue weighted by atomic mass is 9.59. The van der Waals surface area contributed by atoms with E-state index in [0.717, 1.165) is 66.3 Å². The third-order valence-electron chi connectivity index (χ3n) is 15.2. The Hall–Kier alpha value is -8.40. The highest BCUT2D eigenvalue weighted by Gasteiger charge is 2.65. The van der Waals surface area contributed by atoms with Crippen LogP contribution in [0.4, 0.5) is 0 Å². The predicted octanol–water partition coefficient (Wildman–Crippen LogP) is 16.1. The molecule has 17 rings (SSSR count). The van der Waals surface area contributed by atoms with Crippen LogP contribution in [-0.4, -0.2) is 4.57 Å². The SMILES string of the molecule is c1ccc(-n2c3ccccc3c3c(-c4ccc(-c5cccc6c5oc5c(-c7cccc8c7oc7ccccc78)cccc56)c5c4C4c6ccccc6C56c5cccc4c56)cccc32)cc1. The zero-order valence-electron chi connectivity index (χ0n) is 35.0. The predicted molar refractivity (Wildman–Crippen MR) is 264 cm³/mol. The quantitative estimate of drug-likeness (QED) is 0.177. The first kappa shape index (κ1) is 34.1. The molecule has 4 aliphatic carbocycles. The zero-order valence-corrected chi connectivity index (χ0v) is 35.0. The number of hydrogen-bond acceptors (Lipinski definition) is 2. The molecule has 0 N–H and O–H groups in total. The van der Waals surface area contributed by atoms with E-state index < -0.39 is 0 Å². The minimum atomic E-state index is -0.340. The molecule has 2 atom stereocenters. The molecular weight excluding hydrogens is 791 g/mol. The average molecular weight is 826 g/mol. The van der Waals surface area contributed by atoms with Crippen LogP contribution < -0.4 is 0 Å². The van der Waals surface area contributed by atoms with Crippen molar-refractivity contribution in [2.45, 2.75) is 11.3 Å². The van der Waals surface area contributed by atoms with E-state index in [9.17, 15) is 0 Å². The maximum Gasteiger partial charge on any atom is 0.143 e. The van der Waals surface area contributed by atoms with Crippen molar-refractivity contribution in [2.75, 3.05) is 0 Å². The van der Waals surface area contributed by atoms with Gasteiger partial charge in [0.05, 0.1) is 16.4 Å². The molecule has 0 amide bonds. The summed E-state index contributed by atoms with van der Waals surface area (Å²) in [4.78, 5) is 0. The van der Waals surface area contributed by atoms with Gasteiger partial charge in [0.15, 0.2) is 0 Å². The molecule has 2 unspecified atom stereocenters. The van der Waals surface area contributed by atoms with Gasteiger partial charge in [0.25, 0.3) is 0 Å². The minimum Gasteiger partial charge on any atom is -0.455 e. The van der Waals surface area contributed by atoms with Crippen molar-refractivity contribution >= 4 is 65.7 Å². The van der Waals surface area contributed by atoms with Gasteiger partial charge in [0.1, 0.15) is 22.3 Å². The van der Waals surface area contributed by atoms with Gasteiger partial charge < -0.3 is 13.4 Å². The Morgan fingerprint density at radius 2 is 0.908 bits per heavy atom. The molecule has 3 nitrogen and oxygen atoms in total. The summed E-state index contributed by atoms with van der Waals surface area (Å²) in [6.45, 7) is 0. The maximum atomic E-state index is 7.30. The van der Waals surface area contributed by atoms with Gasteiger partial charge >= 0.3 is 0 Å². The molecule has 65 heavy (non-hydrogen) atoms. The number of aromatic nitrogens is 1. The molecule has 0 radical (unpaired) electrons. The summed E-state index contributed by atoms with van der Waals surface area (Å²) in [7, 11) is 0. The third kappa shape index (κ3) is 4.09. The van der Waals surface area contributed by atoms with Crippen LogP contribution in [0.2, 0.25) is 0 Å². The zero-order chi connectivity index (χ0) is 42.1. The van der Waals surface area contributed by atoms with E-state index >= 15 is 0 Å². The highest BCUT2D eigenvalue weighted by molar-refractivity contribution is 6.19. The molecule has 0 aliphatic heterocycles. The molecule has 3 heterocycles. The minimum absolute atomic E-state index is 0.0824. The normalized spacial score (nSPS) is 16.5. The van der Waals surface area contributed by atoms with Crippen molar-refractivity contribution in [3.05, 3.63) is 245 Å². The highest BCUT2D eigenvalue weighted by Crippen LogP contribution is 2.74. The first-order valence-electron chi connectivity index (χ1n) is 22.6. The van der Waals surface area contributed by atoms with Crippen LogP contribution in [0, 0.1) is 0 Å². The average Bonchev–Trinajstić information content (AvgIpc) is 3.61. The lowest BCUT2D eigenvalue weighted by Gasteiger charge is -2.42. The number of furan rings is 2.